The molecule has 1 aromatic carbocycles. The van der Waals surface area contributed by atoms with E-state index in [-0.39, 0.29) is 11.4 Å². The van der Waals surface area contributed by atoms with Crippen LogP contribution in [0.1, 0.15) is 23.7 Å². The van der Waals surface area contributed by atoms with E-state index in [4.69, 9.17) is 0 Å². The second-order valence-electron chi connectivity index (χ2n) is 5.77. The van der Waals surface area contributed by atoms with Crippen molar-refractivity contribution in [3.8, 4) is 11.5 Å². The van der Waals surface area contributed by atoms with Crippen LogP contribution in [0.15, 0.2) is 47.4 Å². The minimum Gasteiger partial charge on any atom is -0.359 e. The van der Waals surface area contributed by atoms with Gasteiger partial charge in [0.05, 0.1) is 5.69 Å². The number of halogens is 1. The van der Waals surface area contributed by atoms with E-state index in [0.717, 1.165) is 22.5 Å². The predicted molar refractivity (Wildman–Crippen MR) is 92.5 cm³/mol. The standard InChI is InChI=1S/C19H20FN3O/c1-3-16-13(2)22-18(17-8-5-10-21-17)23(19(16)24)11-9-14-6-4-7-15(20)12-14/h4-8,10,12,21H,3,9,11H2,1-2H3. The quantitative estimate of drug-likeness (QED) is 0.780. The lowest BCUT2D eigenvalue weighted by Crippen LogP contribution is -2.28. The molecule has 0 saturated carbocycles. The Morgan fingerprint density at radius 1 is 1.25 bits per heavy atom. The molecule has 0 bridgehead atoms. The Labute approximate surface area is 140 Å². The number of aryl methyl sites for hydroxylation is 2. The van der Waals surface area contributed by atoms with Crippen LogP contribution in [0, 0.1) is 12.7 Å². The maximum atomic E-state index is 13.4. The molecule has 24 heavy (non-hydrogen) atoms. The third-order valence-corrected chi connectivity index (χ3v) is 4.17. The smallest absolute Gasteiger partial charge is 0.257 e. The molecule has 3 rings (SSSR count). The van der Waals surface area contributed by atoms with E-state index in [1.54, 1.807) is 10.6 Å². The zero-order valence-electron chi connectivity index (χ0n) is 13.8. The highest BCUT2D eigenvalue weighted by molar-refractivity contribution is 5.50. The van der Waals surface area contributed by atoms with Crippen LogP contribution in [-0.2, 0) is 19.4 Å². The summed E-state index contributed by atoms with van der Waals surface area (Å²) < 4.78 is 15.0. The average Bonchev–Trinajstić information content (AvgIpc) is 3.08. The number of H-pyrrole nitrogens is 1. The molecule has 5 heteroatoms. The number of rotatable bonds is 5. The average molecular weight is 325 g/mol. The predicted octanol–water partition coefficient (Wildman–Crippen LogP) is 3.49. The third kappa shape index (κ3) is 3.15. The van der Waals surface area contributed by atoms with Crippen LogP contribution in [-0.4, -0.2) is 14.5 Å². The number of hydrogen-bond acceptors (Lipinski definition) is 2. The molecule has 0 saturated heterocycles. The molecule has 0 radical (unpaired) electrons. The minimum atomic E-state index is -0.263. The van der Waals surface area contributed by atoms with Crippen molar-refractivity contribution in [3.05, 3.63) is 75.6 Å². The molecule has 0 aliphatic rings. The molecule has 0 spiro atoms. The minimum absolute atomic E-state index is 0.0222. The van der Waals surface area contributed by atoms with Gasteiger partial charge in [-0.1, -0.05) is 19.1 Å². The van der Waals surface area contributed by atoms with Gasteiger partial charge in [0, 0.05) is 24.0 Å². The molecular formula is C19H20FN3O. The van der Waals surface area contributed by atoms with Crippen LogP contribution in [0.25, 0.3) is 11.5 Å². The van der Waals surface area contributed by atoms with E-state index >= 15 is 0 Å². The Kier molecular flexibility index (Phi) is 4.60. The normalized spacial score (nSPS) is 11.0. The van der Waals surface area contributed by atoms with Crippen molar-refractivity contribution in [3.63, 3.8) is 0 Å². The number of aromatic nitrogens is 3. The van der Waals surface area contributed by atoms with E-state index < -0.39 is 0 Å². The number of benzene rings is 1. The van der Waals surface area contributed by atoms with E-state index in [0.29, 0.717) is 25.2 Å². The summed E-state index contributed by atoms with van der Waals surface area (Å²) in [4.78, 5) is 20.6. The van der Waals surface area contributed by atoms with E-state index in [2.05, 4.69) is 9.97 Å². The molecular weight excluding hydrogens is 305 g/mol. The Hall–Kier alpha value is -2.69. The van der Waals surface area contributed by atoms with Crippen molar-refractivity contribution in [1.82, 2.24) is 14.5 Å². The monoisotopic (exact) mass is 325 g/mol. The highest BCUT2D eigenvalue weighted by atomic mass is 19.1. The summed E-state index contributed by atoms with van der Waals surface area (Å²) >= 11 is 0. The summed E-state index contributed by atoms with van der Waals surface area (Å²) in [5.41, 5.74) is 3.12. The van der Waals surface area contributed by atoms with Crippen molar-refractivity contribution in [2.24, 2.45) is 0 Å². The molecule has 0 fully saturated rings. The molecule has 0 atom stereocenters. The summed E-state index contributed by atoms with van der Waals surface area (Å²) in [6.45, 7) is 4.27. The summed E-state index contributed by atoms with van der Waals surface area (Å²) in [6, 6.07) is 10.2. The molecule has 2 aromatic heterocycles. The molecule has 0 amide bonds. The highest BCUT2D eigenvalue weighted by Gasteiger charge is 2.15. The first-order valence-corrected chi connectivity index (χ1v) is 8.08. The van der Waals surface area contributed by atoms with Crippen LogP contribution in [0.3, 0.4) is 0 Å². The van der Waals surface area contributed by atoms with Crippen molar-refractivity contribution in [2.75, 3.05) is 0 Å². The van der Waals surface area contributed by atoms with E-state index in [1.807, 2.05) is 38.2 Å². The largest absolute Gasteiger partial charge is 0.359 e. The fraction of sp³-hybridized carbons (Fsp3) is 0.263. The lowest BCUT2D eigenvalue weighted by molar-refractivity contribution is 0.617. The third-order valence-electron chi connectivity index (χ3n) is 4.17. The van der Waals surface area contributed by atoms with Crippen molar-refractivity contribution in [2.45, 2.75) is 33.2 Å². The number of nitrogens with zero attached hydrogens (tertiary/aromatic N) is 2. The molecule has 1 N–H and O–H groups in total. The summed E-state index contributed by atoms with van der Waals surface area (Å²) in [5, 5.41) is 0. The van der Waals surface area contributed by atoms with Gasteiger partial charge < -0.3 is 4.98 Å². The second kappa shape index (κ2) is 6.83. The van der Waals surface area contributed by atoms with Crippen molar-refractivity contribution < 1.29 is 4.39 Å². The van der Waals surface area contributed by atoms with Crippen molar-refractivity contribution in [1.29, 1.82) is 0 Å². The second-order valence-corrected chi connectivity index (χ2v) is 5.77. The Morgan fingerprint density at radius 2 is 2.08 bits per heavy atom. The fourth-order valence-corrected chi connectivity index (χ4v) is 2.92. The molecule has 0 aliphatic carbocycles. The first-order valence-electron chi connectivity index (χ1n) is 8.08. The lowest BCUT2D eigenvalue weighted by Gasteiger charge is -2.14. The number of aromatic amines is 1. The Morgan fingerprint density at radius 3 is 2.75 bits per heavy atom. The molecule has 4 nitrogen and oxygen atoms in total. The summed E-state index contributed by atoms with van der Waals surface area (Å²) in [7, 11) is 0. The molecule has 124 valence electrons. The van der Waals surface area contributed by atoms with Gasteiger partial charge in [-0.3, -0.25) is 9.36 Å². The van der Waals surface area contributed by atoms with Gasteiger partial charge in [0.2, 0.25) is 0 Å². The lowest BCUT2D eigenvalue weighted by atomic mass is 10.1. The molecule has 0 aliphatic heterocycles. The van der Waals surface area contributed by atoms with Crippen LogP contribution in [0.2, 0.25) is 0 Å². The summed E-state index contributed by atoms with van der Waals surface area (Å²) in [6.07, 6.45) is 3.02. The van der Waals surface area contributed by atoms with Gasteiger partial charge in [-0.05, 0) is 49.6 Å². The van der Waals surface area contributed by atoms with Crippen molar-refractivity contribution >= 4 is 0 Å². The van der Waals surface area contributed by atoms with Crippen LogP contribution < -0.4 is 5.56 Å². The summed E-state index contributed by atoms with van der Waals surface area (Å²) in [5.74, 6) is 0.358. The molecule has 2 heterocycles. The van der Waals surface area contributed by atoms with Crippen LogP contribution in [0.5, 0.6) is 0 Å². The number of hydrogen-bond donors (Lipinski definition) is 1. The van der Waals surface area contributed by atoms with Crippen LogP contribution in [0.4, 0.5) is 4.39 Å². The topological polar surface area (TPSA) is 50.7 Å². The molecule has 3 aromatic rings. The van der Waals surface area contributed by atoms with Gasteiger partial charge in [-0.2, -0.15) is 0 Å². The van der Waals surface area contributed by atoms with Gasteiger partial charge in [0.1, 0.15) is 5.82 Å². The SMILES string of the molecule is CCc1c(C)nc(-c2ccc[nH]2)n(CCc2cccc(F)c2)c1=O. The molecule has 0 unspecified atom stereocenters. The zero-order chi connectivity index (χ0) is 17.1. The fourth-order valence-electron chi connectivity index (χ4n) is 2.92. The van der Waals surface area contributed by atoms with E-state index in [1.165, 1.54) is 12.1 Å². The van der Waals surface area contributed by atoms with Gasteiger partial charge in [-0.15, -0.1) is 0 Å². The Balaban J connectivity index is 2.03. The van der Waals surface area contributed by atoms with E-state index in [9.17, 15) is 9.18 Å². The van der Waals surface area contributed by atoms with Gasteiger partial charge in [-0.25, -0.2) is 9.37 Å². The first-order chi connectivity index (χ1) is 11.6. The first kappa shape index (κ1) is 16.2. The zero-order valence-corrected chi connectivity index (χ0v) is 13.8. The van der Waals surface area contributed by atoms with Gasteiger partial charge in [0.15, 0.2) is 5.82 Å². The van der Waals surface area contributed by atoms with Crippen LogP contribution >= 0.6 is 0 Å². The maximum Gasteiger partial charge on any atom is 0.257 e. The highest BCUT2D eigenvalue weighted by Crippen LogP contribution is 2.16. The van der Waals surface area contributed by atoms with Gasteiger partial charge >= 0.3 is 0 Å². The Bertz CT molecular complexity index is 897. The maximum absolute atomic E-state index is 13.4. The van der Waals surface area contributed by atoms with Gasteiger partial charge in [0.25, 0.3) is 5.56 Å². The number of nitrogens with one attached hydrogen (secondary N) is 1.